The molecule has 1 aliphatic rings. The molecule has 0 bridgehead atoms. The normalized spacial score (nSPS) is 14.9. The summed E-state index contributed by atoms with van der Waals surface area (Å²) in [5, 5.41) is 0. The van der Waals surface area contributed by atoms with E-state index in [0.717, 1.165) is 11.1 Å². The maximum absolute atomic E-state index is 14.0. The number of rotatable bonds is 4. The minimum atomic E-state index is -0.527. The summed E-state index contributed by atoms with van der Waals surface area (Å²) in [6.07, 6.45) is 0. The highest BCUT2D eigenvalue weighted by Crippen LogP contribution is 2.30. The highest BCUT2D eigenvalue weighted by molar-refractivity contribution is 5.94. The molecule has 0 radical (unpaired) electrons. The first-order valence-electron chi connectivity index (χ1n) is 9.82. The zero-order chi connectivity index (χ0) is 21.1. The van der Waals surface area contributed by atoms with Crippen LogP contribution in [0.2, 0.25) is 0 Å². The second-order valence-corrected chi connectivity index (χ2v) is 7.31. The third kappa shape index (κ3) is 4.24. The van der Waals surface area contributed by atoms with Gasteiger partial charge in [-0.1, -0.05) is 36.4 Å². The number of halogens is 3. The number of nitrogens with zero attached hydrogens (tertiary/aromatic N) is 2. The van der Waals surface area contributed by atoms with Crippen molar-refractivity contribution in [2.75, 3.05) is 26.2 Å². The van der Waals surface area contributed by atoms with Crippen LogP contribution in [0.25, 0.3) is 0 Å². The Morgan fingerprint density at radius 2 is 1.20 bits per heavy atom. The molecule has 0 unspecified atom stereocenters. The quantitative estimate of drug-likeness (QED) is 0.625. The van der Waals surface area contributed by atoms with Gasteiger partial charge in [-0.05, 0) is 47.5 Å². The summed E-state index contributed by atoms with van der Waals surface area (Å²) in [6, 6.07) is 18.3. The molecule has 0 spiro atoms. The van der Waals surface area contributed by atoms with Crippen LogP contribution in [-0.4, -0.2) is 41.9 Å². The van der Waals surface area contributed by atoms with Crippen molar-refractivity contribution in [2.45, 2.75) is 6.04 Å². The van der Waals surface area contributed by atoms with E-state index in [1.54, 1.807) is 41.3 Å². The van der Waals surface area contributed by atoms with Gasteiger partial charge in [0.25, 0.3) is 5.91 Å². The van der Waals surface area contributed by atoms with E-state index in [-0.39, 0.29) is 29.1 Å². The molecule has 1 aliphatic heterocycles. The van der Waals surface area contributed by atoms with Gasteiger partial charge in [0.1, 0.15) is 17.5 Å². The molecule has 1 fully saturated rings. The number of piperazine rings is 1. The van der Waals surface area contributed by atoms with Crippen molar-refractivity contribution < 1.29 is 18.0 Å². The Bertz CT molecular complexity index is 968. The second kappa shape index (κ2) is 8.71. The Hall–Kier alpha value is -3.12. The Balaban J connectivity index is 1.55. The number of amides is 1. The summed E-state index contributed by atoms with van der Waals surface area (Å²) in [4.78, 5) is 16.5. The van der Waals surface area contributed by atoms with Gasteiger partial charge in [0.15, 0.2) is 0 Å². The molecule has 1 heterocycles. The fourth-order valence-corrected chi connectivity index (χ4v) is 3.89. The van der Waals surface area contributed by atoms with Crippen molar-refractivity contribution in [3.8, 4) is 0 Å². The highest BCUT2D eigenvalue weighted by Gasteiger charge is 2.29. The average molecular weight is 410 g/mol. The van der Waals surface area contributed by atoms with E-state index in [9.17, 15) is 18.0 Å². The van der Waals surface area contributed by atoms with Crippen molar-refractivity contribution in [1.82, 2.24) is 9.80 Å². The molecule has 3 aromatic carbocycles. The van der Waals surface area contributed by atoms with Gasteiger partial charge in [-0.3, -0.25) is 9.69 Å². The molecule has 0 aliphatic carbocycles. The van der Waals surface area contributed by atoms with Crippen molar-refractivity contribution >= 4 is 5.91 Å². The standard InChI is InChI=1S/C24H21F3N2O/c25-19-9-5-17(6-10-19)23(18-7-11-20(26)12-8-18)28-13-15-29(16-14-28)24(30)21-3-1-2-4-22(21)27/h1-12,23H,13-16H2. The summed E-state index contributed by atoms with van der Waals surface area (Å²) in [7, 11) is 0. The van der Waals surface area contributed by atoms with Crippen LogP contribution in [0.15, 0.2) is 72.8 Å². The fourth-order valence-electron chi connectivity index (χ4n) is 3.89. The van der Waals surface area contributed by atoms with Crippen LogP contribution in [-0.2, 0) is 0 Å². The Morgan fingerprint density at radius 1 is 0.700 bits per heavy atom. The van der Waals surface area contributed by atoms with Crippen LogP contribution in [0.3, 0.4) is 0 Å². The minimum Gasteiger partial charge on any atom is -0.336 e. The first kappa shape index (κ1) is 20.2. The topological polar surface area (TPSA) is 23.6 Å². The second-order valence-electron chi connectivity index (χ2n) is 7.31. The van der Waals surface area contributed by atoms with Gasteiger partial charge >= 0.3 is 0 Å². The van der Waals surface area contributed by atoms with Gasteiger partial charge in [0.2, 0.25) is 0 Å². The molecule has 3 aromatic rings. The lowest BCUT2D eigenvalue weighted by Gasteiger charge is -2.39. The van der Waals surface area contributed by atoms with Crippen molar-refractivity contribution in [1.29, 1.82) is 0 Å². The van der Waals surface area contributed by atoms with Crippen LogP contribution < -0.4 is 0 Å². The lowest BCUT2D eigenvalue weighted by atomic mass is 9.96. The number of carbonyl (C=O) groups excluding carboxylic acids is 1. The maximum atomic E-state index is 14.0. The molecular formula is C24H21F3N2O. The summed E-state index contributed by atoms with van der Waals surface area (Å²) in [5.41, 5.74) is 1.84. The monoisotopic (exact) mass is 410 g/mol. The largest absolute Gasteiger partial charge is 0.336 e. The number of hydrogen-bond acceptors (Lipinski definition) is 2. The Labute approximate surface area is 173 Å². The van der Waals surface area contributed by atoms with Crippen molar-refractivity contribution in [3.63, 3.8) is 0 Å². The molecule has 1 amide bonds. The average Bonchev–Trinajstić information content (AvgIpc) is 2.77. The SMILES string of the molecule is O=C(c1ccccc1F)N1CCN(C(c2ccc(F)cc2)c2ccc(F)cc2)CC1. The molecule has 30 heavy (non-hydrogen) atoms. The zero-order valence-electron chi connectivity index (χ0n) is 16.3. The van der Waals surface area contributed by atoms with Crippen LogP contribution in [0.5, 0.6) is 0 Å². The van der Waals surface area contributed by atoms with Crippen LogP contribution in [0.1, 0.15) is 27.5 Å². The Morgan fingerprint density at radius 3 is 1.70 bits per heavy atom. The van der Waals surface area contributed by atoms with Crippen LogP contribution in [0, 0.1) is 17.5 Å². The molecular weight excluding hydrogens is 389 g/mol. The van der Waals surface area contributed by atoms with Gasteiger partial charge in [0.05, 0.1) is 11.6 Å². The molecule has 4 rings (SSSR count). The number of benzene rings is 3. The van der Waals surface area contributed by atoms with E-state index in [0.29, 0.717) is 26.2 Å². The highest BCUT2D eigenvalue weighted by atomic mass is 19.1. The Kier molecular flexibility index (Phi) is 5.86. The first-order valence-corrected chi connectivity index (χ1v) is 9.82. The lowest BCUT2D eigenvalue weighted by Crippen LogP contribution is -2.50. The predicted octanol–water partition coefficient (Wildman–Crippen LogP) is 4.65. The van der Waals surface area contributed by atoms with Gasteiger partial charge in [-0.2, -0.15) is 0 Å². The van der Waals surface area contributed by atoms with E-state index < -0.39 is 5.82 Å². The molecule has 0 N–H and O–H groups in total. The van der Waals surface area contributed by atoms with E-state index in [2.05, 4.69) is 4.90 Å². The number of hydrogen-bond donors (Lipinski definition) is 0. The van der Waals surface area contributed by atoms with E-state index in [1.165, 1.54) is 36.4 Å². The molecule has 0 atom stereocenters. The van der Waals surface area contributed by atoms with Crippen molar-refractivity contribution in [3.05, 3.63) is 107 Å². The smallest absolute Gasteiger partial charge is 0.256 e. The summed E-state index contributed by atoms with van der Waals surface area (Å²) in [6.45, 7) is 1.98. The third-order valence-corrected chi connectivity index (χ3v) is 5.44. The van der Waals surface area contributed by atoms with Gasteiger partial charge < -0.3 is 4.90 Å². The summed E-state index contributed by atoms with van der Waals surface area (Å²) < 4.78 is 40.9. The first-order chi connectivity index (χ1) is 14.5. The minimum absolute atomic E-state index is 0.0690. The van der Waals surface area contributed by atoms with Crippen molar-refractivity contribution in [2.24, 2.45) is 0 Å². The number of carbonyl (C=O) groups is 1. The summed E-state index contributed by atoms with van der Waals surface area (Å²) >= 11 is 0. The van der Waals surface area contributed by atoms with E-state index in [1.807, 2.05) is 0 Å². The van der Waals surface area contributed by atoms with Crippen LogP contribution in [0.4, 0.5) is 13.2 Å². The third-order valence-electron chi connectivity index (χ3n) is 5.44. The van der Waals surface area contributed by atoms with Gasteiger partial charge in [-0.15, -0.1) is 0 Å². The maximum Gasteiger partial charge on any atom is 0.256 e. The fraction of sp³-hybridized carbons (Fsp3) is 0.208. The van der Waals surface area contributed by atoms with Gasteiger partial charge in [-0.25, -0.2) is 13.2 Å². The predicted molar refractivity (Wildman–Crippen MR) is 109 cm³/mol. The summed E-state index contributed by atoms with van der Waals surface area (Å²) in [5.74, 6) is -1.50. The lowest BCUT2D eigenvalue weighted by molar-refractivity contribution is 0.0593. The molecule has 1 saturated heterocycles. The zero-order valence-corrected chi connectivity index (χ0v) is 16.3. The van der Waals surface area contributed by atoms with Crippen LogP contribution >= 0.6 is 0 Å². The van der Waals surface area contributed by atoms with E-state index in [4.69, 9.17) is 0 Å². The van der Waals surface area contributed by atoms with Gasteiger partial charge in [0, 0.05) is 26.2 Å². The molecule has 0 aromatic heterocycles. The van der Waals surface area contributed by atoms with E-state index >= 15 is 0 Å². The molecule has 6 heteroatoms. The molecule has 3 nitrogen and oxygen atoms in total. The molecule has 0 saturated carbocycles. The molecule has 154 valence electrons.